The molecule has 0 atom stereocenters. The van der Waals surface area contributed by atoms with E-state index in [-0.39, 0.29) is 5.92 Å². The molecule has 0 unspecified atom stereocenters. The monoisotopic (exact) mass is 249 g/mol. The van der Waals surface area contributed by atoms with Gasteiger partial charge in [-0.2, -0.15) is 0 Å². The first-order valence-electron chi connectivity index (χ1n) is 5.36. The van der Waals surface area contributed by atoms with Crippen LogP contribution >= 0.6 is 11.6 Å². The van der Waals surface area contributed by atoms with Crippen molar-refractivity contribution in [2.45, 2.75) is 19.8 Å². The molecule has 0 saturated heterocycles. The van der Waals surface area contributed by atoms with Gasteiger partial charge in [-0.25, -0.2) is 0 Å². The molecule has 0 fully saturated rings. The Kier molecular flexibility index (Phi) is 3.29. The molecule has 0 bridgehead atoms. The second-order valence-corrected chi connectivity index (χ2v) is 4.41. The highest BCUT2D eigenvalue weighted by molar-refractivity contribution is 6.68. The van der Waals surface area contributed by atoms with E-state index in [0.717, 1.165) is 5.56 Å². The third-order valence-electron chi connectivity index (χ3n) is 2.50. The van der Waals surface area contributed by atoms with Crippen LogP contribution in [0.2, 0.25) is 0 Å². The van der Waals surface area contributed by atoms with Crippen molar-refractivity contribution in [3.63, 3.8) is 0 Å². The number of nitrogens with zero attached hydrogens (tertiary/aromatic N) is 1. The van der Waals surface area contributed by atoms with Crippen LogP contribution in [-0.4, -0.2) is 10.4 Å². The van der Waals surface area contributed by atoms with Gasteiger partial charge in [0.15, 0.2) is 5.76 Å². The van der Waals surface area contributed by atoms with Crippen molar-refractivity contribution in [1.29, 1.82) is 0 Å². The summed E-state index contributed by atoms with van der Waals surface area (Å²) in [4.78, 5) is 11.5. The summed E-state index contributed by atoms with van der Waals surface area (Å²) in [6.45, 7) is 3.88. The number of rotatable bonds is 3. The lowest BCUT2D eigenvalue weighted by Gasteiger charge is -2.01. The number of hydrogen-bond acceptors (Lipinski definition) is 3. The van der Waals surface area contributed by atoms with E-state index in [0.29, 0.717) is 17.0 Å². The van der Waals surface area contributed by atoms with Gasteiger partial charge in [0.05, 0.1) is 5.69 Å². The van der Waals surface area contributed by atoms with Crippen molar-refractivity contribution in [3.05, 3.63) is 41.6 Å². The average molecular weight is 250 g/mol. The highest BCUT2D eigenvalue weighted by atomic mass is 35.5. The van der Waals surface area contributed by atoms with Crippen LogP contribution in [0.5, 0.6) is 0 Å². The largest absolute Gasteiger partial charge is 0.355 e. The second kappa shape index (κ2) is 4.72. The molecular formula is C13H12ClNO2. The third kappa shape index (κ3) is 2.24. The summed E-state index contributed by atoms with van der Waals surface area (Å²) in [5.41, 5.74) is 1.77. The van der Waals surface area contributed by atoms with Gasteiger partial charge in [0.1, 0.15) is 5.56 Å². The Bertz CT molecular complexity index is 532. The first-order valence-corrected chi connectivity index (χ1v) is 5.74. The van der Waals surface area contributed by atoms with Gasteiger partial charge in [0, 0.05) is 5.56 Å². The van der Waals surface area contributed by atoms with E-state index in [4.69, 9.17) is 16.1 Å². The van der Waals surface area contributed by atoms with Crippen LogP contribution < -0.4 is 0 Å². The zero-order chi connectivity index (χ0) is 12.4. The van der Waals surface area contributed by atoms with Gasteiger partial charge in [0.2, 0.25) is 0 Å². The fourth-order valence-electron chi connectivity index (χ4n) is 1.67. The number of benzene rings is 1. The highest BCUT2D eigenvalue weighted by Gasteiger charge is 2.24. The summed E-state index contributed by atoms with van der Waals surface area (Å²) in [5.74, 6) is 0.531. The summed E-state index contributed by atoms with van der Waals surface area (Å²) in [7, 11) is 0. The van der Waals surface area contributed by atoms with Crippen molar-refractivity contribution < 1.29 is 9.32 Å². The zero-order valence-corrected chi connectivity index (χ0v) is 10.4. The van der Waals surface area contributed by atoms with E-state index in [9.17, 15) is 4.79 Å². The second-order valence-electron chi connectivity index (χ2n) is 4.07. The molecule has 0 saturated carbocycles. The number of halogens is 1. The summed E-state index contributed by atoms with van der Waals surface area (Å²) in [5, 5.41) is 3.40. The van der Waals surface area contributed by atoms with Crippen molar-refractivity contribution in [1.82, 2.24) is 5.16 Å². The SMILES string of the molecule is CC(C)c1noc(-c2ccccc2)c1C(=O)Cl. The molecule has 0 aliphatic heterocycles. The summed E-state index contributed by atoms with van der Waals surface area (Å²) in [6.07, 6.45) is 0. The number of carbonyl (C=O) groups is 1. The van der Waals surface area contributed by atoms with Crippen LogP contribution in [0.4, 0.5) is 0 Å². The Labute approximate surface area is 104 Å². The van der Waals surface area contributed by atoms with Gasteiger partial charge in [-0.05, 0) is 17.5 Å². The van der Waals surface area contributed by atoms with Crippen molar-refractivity contribution in [2.75, 3.05) is 0 Å². The van der Waals surface area contributed by atoms with E-state index in [1.165, 1.54) is 0 Å². The minimum Gasteiger partial charge on any atom is -0.355 e. The molecule has 88 valence electrons. The van der Waals surface area contributed by atoms with Crippen LogP contribution in [0, 0.1) is 0 Å². The van der Waals surface area contributed by atoms with Crippen LogP contribution in [0.15, 0.2) is 34.9 Å². The normalized spacial score (nSPS) is 10.8. The predicted molar refractivity (Wildman–Crippen MR) is 66.2 cm³/mol. The Morgan fingerprint density at radius 1 is 1.29 bits per heavy atom. The van der Waals surface area contributed by atoms with E-state index in [1.54, 1.807) is 0 Å². The first-order chi connectivity index (χ1) is 8.11. The fraction of sp³-hybridized carbons (Fsp3) is 0.231. The molecule has 0 aliphatic carbocycles. The van der Waals surface area contributed by atoms with E-state index in [1.807, 2.05) is 44.2 Å². The molecule has 2 aromatic rings. The maximum atomic E-state index is 11.5. The molecule has 0 N–H and O–H groups in total. The van der Waals surface area contributed by atoms with Gasteiger partial charge in [0.25, 0.3) is 5.24 Å². The zero-order valence-electron chi connectivity index (χ0n) is 9.61. The van der Waals surface area contributed by atoms with Crippen molar-refractivity contribution >= 4 is 16.8 Å². The van der Waals surface area contributed by atoms with Gasteiger partial charge in [-0.3, -0.25) is 4.79 Å². The minimum absolute atomic E-state index is 0.0916. The van der Waals surface area contributed by atoms with E-state index in [2.05, 4.69) is 5.16 Å². The summed E-state index contributed by atoms with van der Waals surface area (Å²) < 4.78 is 5.25. The Balaban J connectivity index is 2.60. The summed E-state index contributed by atoms with van der Waals surface area (Å²) in [6, 6.07) is 9.35. The highest BCUT2D eigenvalue weighted by Crippen LogP contribution is 2.30. The topological polar surface area (TPSA) is 43.1 Å². The molecule has 1 aromatic heterocycles. The molecule has 4 heteroatoms. The predicted octanol–water partition coefficient (Wildman–Crippen LogP) is 3.84. The van der Waals surface area contributed by atoms with Crippen LogP contribution in [-0.2, 0) is 0 Å². The Morgan fingerprint density at radius 2 is 1.94 bits per heavy atom. The van der Waals surface area contributed by atoms with Gasteiger partial charge >= 0.3 is 0 Å². The van der Waals surface area contributed by atoms with Crippen molar-refractivity contribution in [3.8, 4) is 11.3 Å². The molecular weight excluding hydrogens is 238 g/mol. The molecule has 0 aliphatic rings. The van der Waals surface area contributed by atoms with Crippen LogP contribution in [0.3, 0.4) is 0 Å². The van der Waals surface area contributed by atoms with Gasteiger partial charge < -0.3 is 4.52 Å². The molecule has 2 rings (SSSR count). The molecule has 0 radical (unpaired) electrons. The molecule has 0 amide bonds. The maximum absolute atomic E-state index is 11.5. The number of aromatic nitrogens is 1. The van der Waals surface area contributed by atoms with Crippen molar-refractivity contribution in [2.24, 2.45) is 0 Å². The molecule has 0 spiro atoms. The first kappa shape index (κ1) is 11.9. The third-order valence-corrected chi connectivity index (χ3v) is 2.69. The summed E-state index contributed by atoms with van der Waals surface area (Å²) >= 11 is 5.61. The maximum Gasteiger partial charge on any atom is 0.258 e. The quantitative estimate of drug-likeness (QED) is 0.776. The molecule has 17 heavy (non-hydrogen) atoms. The van der Waals surface area contributed by atoms with Gasteiger partial charge in [-0.1, -0.05) is 49.3 Å². The smallest absolute Gasteiger partial charge is 0.258 e. The van der Waals surface area contributed by atoms with E-state index < -0.39 is 5.24 Å². The molecule has 1 heterocycles. The number of carbonyl (C=O) groups excluding carboxylic acids is 1. The van der Waals surface area contributed by atoms with Gasteiger partial charge in [-0.15, -0.1) is 0 Å². The Hall–Kier alpha value is -1.61. The lowest BCUT2D eigenvalue weighted by molar-refractivity contribution is 0.108. The van der Waals surface area contributed by atoms with Crippen LogP contribution in [0.1, 0.15) is 35.8 Å². The lowest BCUT2D eigenvalue weighted by Crippen LogP contribution is -1.98. The average Bonchev–Trinajstić information content (AvgIpc) is 2.74. The fourth-order valence-corrected chi connectivity index (χ4v) is 1.86. The van der Waals surface area contributed by atoms with E-state index >= 15 is 0 Å². The number of hydrogen-bond donors (Lipinski definition) is 0. The minimum atomic E-state index is -0.534. The molecule has 1 aromatic carbocycles. The standard InChI is InChI=1S/C13H12ClNO2/c1-8(2)11-10(13(14)16)12(17-15-11)9-6-4-3-5-7-9/h3-8H,1-2H3. The Morgan fingerprint density at radius 3 is 2.47 bits per heavy atom. The lowest BCUT2D eigenvalue weighted by atomic mass is 10.0. The molecule has 3 nitrogen and oxygen atoms in total. The van der Waals surface area contributed by atoms with Crippen LogP contribution in [0.25, 0.3) is 11.3 Å².